The summed E-state index contributed by atoms with van der Waals surface area (Å²) in [6, 6.07) is 0. The van der Waals surface area contributed by atoms with Crippen molar-refractivity contribution in [3.05, 3.63) is 18.7 Å². The van der Waals surface area contributed by atoms with Gasteiger partial charge in [-0.1, -0.05) is 18.7 Å². The van der Waals surface area contributed by atoms with Crippen LogP contribution in [0.25, 0.3) is 0 Å². The average molecular weight is 278 g/mol. The third-order valence-electron chi connectivity index (χ3n) is 4.26. The van der Waals surface area contributed by atoms with Crippen LogP contribution in [-0.4, -0.2) is 32.6 Å². The Morgan fingerprint density at radius 1 is 1.53 bits per heavy atom. The van der Waals surface area contributed by atoms with Crippen LogP contribution in [0.2, 0.25) is 0 Å². The fraction of sp³-hybridized carbons (Fsp3) is 0.714. The van der Waals surface area contributed by atoms with Crippen LogP contribution < -0.4 is 5.32 Å². The van der Waals surface area contributed by atoms with Gasteiger partial charge in [-0.05, 0) is 31.6 Å². The summed E-state index contributed by atoms with van der Waals surface area (Å²) >= 11 is 1.90. The lowest BCUT2D eigenvalue weighted by molar-refractivity contribution is 0.251. The number of nitrogens with zero attached hydrogens (tertiary/aromatic N) is 3. The van der Waals surface area contributed by atoms with Gasteiger partial charge in [-0.25, -0.2) is 4.98 Å². The Kier molecular flexibility index (Phi) is 3.82. The van der Waals surface area contributed by atoms with Gasteiger partial charge in [0.2, 0.25) is 0 Å². The van der Waals surface area contributed by atoms with Gasteiger partial charge in [0.05, 0.1) is 12.9 Å². The Morgan fingerprint density at radius 3 is 3.11 bits per heavy atom. The third-order valence-corrected chi connectivity index (χ3v) is 5.46. The third kappa shape index (κ3) is 3.14. The van der Waals surface area contributed by atoms with E-state index in [9.17, 15) is 0 Å². The highest BCUT2D eigenvalue weighted by molar-refractivity contribution is 8.14. The van der Waals surface area contributed by atoms with E-state index in [1.807, 2.05) is 30.5 Å². The molecule has 1 N–H and O–H groups in total. The van der Waals surface area contributed by atoms with Crippen LogP contribution in [-0.2, 0) is 6.54 Å². The molecule has 1 aliphatic carbocycles. The Balaban J connectivity index is 1.51. The zero-order valence-electron chi connectivity index (χ0n) is 11.5. The lowest BCUT2D eigenvalue weighted by Crippen LogP contribution is -2.46. The van der Waals surface area contributed by atoms with Gasteiger partial charge >= 0.3 is 0 Å². The second-order valence-electron chi connectivity index (χ2n) is 5.86. The van der Waals surface area contributed by atoms with Crippen LogP contribution in [0.3, 0.4) is 0 Å². The second-order valence-corrected chi connectivity index (χ2v) is 6.83. The van der Waals surface area contributed by atoms with Crippen molar-refractivity contribution in [1.82, 2.24) is 14.9 Å². The van der Waals surface area contributed by atoms with Crippen LogP contribution in [0.15, 0.2) is 23.7 Å². The number of aliphatic imine (C=N–C) groups is 1. The molecule has 104 valence electrons. The van der Waals surface area contributed by atoms with E-state index in [0.717, 1.165) is 24.2 Å². The molecule has 5 heteroatoms. The summed E-state index contributed by atoms with van der Waals surface area (Å²) in [5.74, 6) is 2.10. The van der Waals surface area contributed by atoms with Crippen molar-refractivity contribution in [2.45, 2.75) is 44.7 Å². The van der Waals surface area contributed by atoms with Crippen LogP contribution in [0, 0.1) is 5.92 Å². The molecule has 1 aromatic heterocycles. The summed E-state index contributed by atoms with van der Waals surface area (Å²) in [6.45, 7) is 4.11. The molecule has 2 aliphatic rings. The molecular weight excluding hydrogens is 256 g/mol. The van der Waals surface area contributed by atoms with E-state index in [-0.39, 0.29) is 0 Å². The molecule has 0 atom stereocenters. The minimum absolute atomic E-state index is 0.352. The van der Waals surface area contributed by atoms with E-state index >= 15 is 0 Å². The first-order chi connectivity index (χ1) is 9.26. The minimum atomic E-state index is 0.352. The largest absolute Gasteiger partial charge is 0.359 e. The van der Waals surface area contributed by atoms with Crippen LogP contribution >= 0.6 is 11.8 Å². The summed E-state index contributed by atoms with van der Waals surface area (Å²) in [5.41, 5.74) is 0.352. The van der Waals surface area contributed by atoms with Gasteiger partial charge < -0.3 is 9.88 Å². The van der Waals surface area contributed by atoms with Gasteiger partial charge in [0, 0.05) is 30.2 Å². The second kappa shape index (κ2) is 5.57. The van der Waals surface area contributed by atoms with E-state index < -0.39 is 0 Å². The van der Waals surface area contributed by atoms with Crippen molar-refractivity contribution in [2.24, 2.45) is 10.9 Å². The normalized spacial score (nSPS) is 32.9. The van der Waals surface area contributed by atoms with Crippen LogP contribution in [0.5, 0.6) is 0 Å². The Morgan fingerprint density at radius 2 is 2.37 bits per heavy atom. The Bertz CT molecular complexity index is 432. The monoisotopic (exact) mass is 278 g/mol. The summed E-state index contributed by atoms with van der Waals surface area (Å²) in [6.07, 6.45) is 11.0. The van der Waals surface area contributed by atoms with Gasteiger partial charge in [-0.15, -0.1) is 0 Å². The summed E-state index contributed by atoms with van der Waals surface area (Å²) in [4.78, 5) is 8.73. The average Bonchev–Trinajstić information content (AvgIpc) is 3.05. The van der Waals surface area contributed by atoms with E-state index in [4.69, 9.17) is 0 Å². The SMILES string of the molecule is CC1CCC2(CC1)CSC(=NCCn1ccnc1)N2. The molecule has 3 rings (SSSR count). The highest BCUT2D eigenvalue weighted by Gasteiger charge is 2.39. The highest BCUT2D eigenvalue weighted by Crippen LogP contribution is 2.38. The van der Waals surface area contributed by atoms with Crippen molar-refractivity contribution in [3.8, 4) is 0 Å². The molecule has 0 bridgehead atoms. The molecule has 1 aromatic rings. The van der Waals surface area contributed by atoms with Crippen molar-refractivity contribution < 1.29 is 0 Å². The van der Waals surface area contributed by atoms with E-state index in [1.165, 1.54) is 31.4 Å². The van der Waals surface area contributed by atoms with Crippen LogP contribution in [0.1, 0.15) is 32.6 Å². The molecule has 0 unspecified atom stereocenters. The number of amidine groups is 1. The maximum atomic E-state index is 4.69. The quantitative estimate of drug-likeness (QED) is 0.924. The molecule has 4 nitrogen and oxygen atoms in total. The zero-order chi connectivity index (χ0) is 13.1. The van der Waals surface area contributed by atoms with Crippen molar-refractivity contribution >= 4 is 16.9 Å². The molecule has 1 spiro atoms. The predicted molar refractivity (Wildman–Crippen MR) is 80.5 cm³/mol. The number of imidazole rings is 1. The molecule has 0 amide bonds. The molecule has 19 heavy (non-hydrogen) atoms. The van der Waals surface area contributed by atoms with Gasteiger partial charge in [-0.3, -0.25) is 4.99 Å². The molecule has 0 radical (unpaired) electrons. The lowest BCUT2D eigenvalue weighted by Gasteiger charge is -2.35. The maximum Gasteiger partial charge on any atom is 0.157 e. The molecule has 1 saturated carbocycles. The van der Waals surface area contributed by atoms with Gasteiger partial charge in [0.15, 0.2) is 5.17 Å². The van der Waals surface area contributed by atoms with Crippen LogP contribution in [0.4, 0.5) is 0 Å². The standard InChI is InChI=1S/C14H22N4S/c1-12-2-4-14(5-3-12)10-19-13(17-14)16-7-9-18-8-6-15-11-18/h6,8,11-12H,2-5,7,9-10H2,1H3,(H,16,17). The number of nitrogens with one attached hydrogen (secondary N) is 1. The predicted octanol–water partition coefficient (Wildman–Crippen LogP) is 2.52. The fourth-order valence-corrected chi connectivity index (χ4v) is 4.11. The zero-order valence-corrected chi connectivity index (χ0v) is 12.3. The Labute approximate surface area is 119 Å². The number of thioether (sulfide) groups is 1. The first kappa shape index (κ1) is 13.0. The van der Waals surface area contributed by atoms with E-state index in [2.05, 4.69) is 26.8 Å². The number of rotatable bonds is 3. The van der Waals surface area contributed by atoms with Crippen molar-refractivity contribution in [1.29, 1.82) is 0 Å². The molecule has 2 heterocycles. The first-order valence-electron chi connectivity index (χ1n) is 7.17. The number of hydrogen-bond acceptors (Lipinski definition) is 3. The fourth-order valence-electron chi connectivity index (χ4n) is 2.86. The molecule has 1 aliphatic heterocycles. The molecule has 0 aromatic carbocycles. The van der Waals surface area contributed by atoms with Gasteiger partial charge in [-0.2, -0.15) is 0 Å². The maximum absolute atomic E-state index is 4.69. The van der Waals surface area contributed by atoms with E-state index in [1.54, 1.807) is 0 Å². The van der Waals surface area contributed by atoms with Gasteiger partial charge in [0.25, 0.3) is 0 Å². The topological polar surface area (TPSA) is 42.2 Å². The molecular formula is C14H22N4S. The number of hydrogen-bond donors (Lipinski definition) is 1. The smallest absolute Gasteiger partial charge is 0.157 e. The highest BCUT2D eigenvalue weighted by atomic mass is 32.2. The number of aromatic nitrogens is 2. The minimum Gasteiger partial charge on any atom is -0.359 e. The van der Waals surface area contributed by atoms with E-state index in [0.29, 0.717) is 5.54 Å². The summed E-state index contributed by atoms with van der Waals surface area (Å²) < 4.78 is 2.07. The van der Waals surface area contributed by atoms with Crippen molar-refractivity contribution in [3.63, 3.8) is 0 Å². The molecule has 2 fully saturated rings. The summed E-state index contributed by atoms with van der Waals surface area (Å²) in [5, 5.41) is 4.84. The Hall–Kier alpha value is -0.970. The van der Waals surface area contributed by atoms with Gasteiger partial charge in [0.1, 0.15) is 0 Å². The lowest BCUT2D eigenvalue weighted by atomic mass is 9.78. The van der Waals surface area contributed by atoms with Crippen molar-refractivity contribution in [2.75, 3.05) is 12.3 Å². The first-order valence-corrected chi connectivity index (χ1v) is 8.16. The summed E-state index contributed by atoms with van der Waals surface area (Å²) in [7, 11) is 0. The molecule has 1 saturated heterocycles.